The second kappa shape index (κ2) is 5.80. The van der Waals surface area contributed by atoms with Gasteiger partial charge in [0.15, 0.2) is 0 Å². The highest BCUT2D eigenvalue weighted by Crippen LogP contribution is 2.31. The summed E-state index contributed by atoms with van der Waals surface area (Å²) in [5, 5.41) is 0. The summed E-state index contributed by atoms with van der Waals surface area (Å²) >= 11 is 0. The Morgan fingerprint density at radius 2 is 2.00 bits per heavy atom. The molecule has 2 N–H and O–H groups in total. The summed E-state index contributed by atoms with van der Waals surface area (Å²) in [5.74, 6) is 1.26. The molecule has 1 aliphatic carbocycles. The van der Waals surface area contributed by atoms with Crippen LogP contribution < -0.4 is 5.73 Å². The number of nitrogens with two attached hydrogens (primary N) is 1. The van der Waals surface area contributed by atoms with Crippen molar-refractivity contribution in [3.05, 3.63) is 0 Å². The van der Waals surface area contributed by atoms with E-state index < -0.39 is 0 Å². The molecule has 2 saturated heterocycles. The van der Waals surface area contributed by atoms with E-state index in [1.165, 1.54) is 32.2 Å². The van der Waals surface area contributed by atoms with Gasteiger partial charge in [0.25, 0.3) is 0 Å². The van der Waals surface area contributed by atoms with Gasteiger partial charge in [-0.15, -0.1) is 0 Å². The molecule has 0 aromatic heterocycles. The second-order valence-electron chi connectivity index (χ2n) is 6.58. The molecule has 0 bridgehead atoms. The summed E-state index contributed by atoms with van der Waals surface area (Å²) in [7, 11) is 0. The third-order valence-electron chi connectivity index (χ3n) is 5.36. The maximum absolute atomic E-state index is 12.7. The van der Waals surface area contributed by atoms with Crippen molar-refractivity contribution in [3.8, 4) is 0 Å². The molecule has 1 saturated carbocycles. The Bertz CT molecular complexity index is 333. The molecule has 0 spiro atoms. The normalized spacial score (nSPS) is 36.3. The molecule has 0 aromatic rings. The van der Waals surface area contributed by atoms with E-state index >= 15 is 0 Å². The van der Waals surface area contributed by atoms with Crippen molar-refractivity contribution >= 4 is 5.91 Å². The molecule has 1 amide bonds. The first-order valence-electron chi connectivity index (χ1n) is 8.01. The first-order valence-corrected chi connectivity index (χ1v) is 8.01. The molecule has 0 aromatic carbocycles. The maximum atomic E-state index is 12.7. The largest absolute Gasteiger partial charge is 0.340 e. The number of hydrogen-bond acceptors (Lipinski definition) is 3. The van der Waals surface area contributed by atoms with Gasteiger partial charge in [0.1, 0.15) is 0 Å². The van der Waals surface area contributed by atoms with Gasteiger partial charge in [-0.3, -0.25) is 9.69 Å². The molecule has 4 nitrogen and oxygen atoms in total. The Kier molecular flexibility index (Phi) is 4.08. The predicted octanol–water partition coefficient (Wildman–Crippen LogP) is 1.06. The zero-order chi connectivity index (χ0) is 13.2. The average Bonchev–Trinajstić information content (AvgIpc) is 2.94. The standard InChI is InChI=1S/C15H27N3O/c16-10-12-3-1-4-13(9-12)15(19)18-8-7-17-6-2-5-14(17)11-18/h12-14H,1-11,16H2. The molecule has 108 valence electrons. The van der Waals surface area contributed by atoms with Gasteiger partial charge in [-0.2, -0.15) is 0 Å². The molecule has 4 heteroatoms. The number of fused-ring (bicyclic) bond motifs is 1. The van der Waals surface area contributed by atoms with Crippen LogP contribution in [0, 0.1) is 11.8 Å². The van der Waals surface area contributed by atoms with E-state index in [1.54, 1.807) is 0 Å². The number of nitrogens with zero attached hydrogens (tertiary/aromatic N) is 2. The van der Waals surface area contributed by atoms with E-state index in [4.69, 9.17) is 5.73 Å². The van der Waals surface area contributed by atoms with Crippen molar-refractivity contribution in [1.82, 2.24) is 9.80 Å². The fourth-order valence-electron chi connectivity index (χ4n) is 4.18. The summed E-state index contributed by atoms with van der Waals surface area (Å²) in [6, 6.07) is 0.645. The molecule has 3 atom stereocenters. The number of carbonyl (C=O) groups excluding carboxylic acids is 1. The van der Waals surface area contributed by atoms with Crippen LogP contribution >= 0.6 is 0 Å². The highest BCUT2D eigenvalue weighted by atomic mass is 16.2. The second-order valence-corrected chi connectivity index (χ2v) is 6.58. The van der Waals surface area contributed by atoms with Crippen molar-refractivity contribution in [2.24, 2.45) is 17.6 Å². The minimum atomic E-state index is 0.259. The molecular formula is C15H27N3O. The smallest absolute Gasteiger partial charge is 0.225 e. The van der Waals surface area contributed by atoms with Crippen molar-refractivity contribution in [2.45, 2.75) is 44.6 Å². The molecule has 3 fully saturated rings. The fourth-order valence-corrected chi connectivity index (χ4v) is 4.18. The molecular weight excluding hydrogens is 238 g/mol. The lowest BCUT2D eigenvalue weighted by Gasteiger charge is -2.40. The lowest BCUT2D eigenvalue weighted by Crippen LogP contribution is -2.53. The van der Waals surface area contributed by atoms with Crippen LogP contribution in [0.3, 0.4) is 0 Å². The van der Waals surface area contributed by atoms with Crippen molar-refractivity contribution in [1.29, 1.82) is 0 Å². The number of rotatable bonds is 2. The lowest BCUT2D eigenvalue weighted by atomic mass is 9.80. The number of carbonyl (C=O) groups is 1. The van der Waals surface area contributed by atoms with Gasteiger partial charge in [0.2, 0.25) is 5.91 Å². The zero-order valence-electron chi connectivity index (χ0n) is 11.9. The Hall–Kier alpha value is -0.610. The summed E-state index contributed by atoms with van der Waals surface area (Å²) in [6.45, 7) is 5.00. The average molecular weight is 265 g/mol. The van der Waals surface area contributed by atoms with Crippen LogP contribution in [0.1, 0.15) is 38.5 Å². The quantitative estimate of drug-likeness (QED) is 0.812. The van der Waals surface area contributed by atoms with Crippen LogP contribution in [0.5, 0.6) is 0 Å². The van der Waals surface area contributed by atoms with E-state index in [0.717, 1.165) is 39.0 Å². The van der Waals surface area contributed by atoms with Crippen LogP contribution in [-0.2, 0) is 4.79 Å². The summed E-state index contributed by atoms with van der Waals surface area (Å²) < 4.78 is 0. The van der Waals surface area contributed by atoms with Crippen molar-refractivity contribution < 1.29 is 4.79 Å². The minimum absolute atomic E-state index is 0.259. The minimum Gasteiger partial charge on any atom is -0.340 e. The topological polar surface area (TPSA) is 49.6 Å². The van der Waals surface area contributed by atoms with Gasteiger partial charge >= 0.3 is 0 Å². The predicted molar refractivity (Wildman–Crippen MR) is 75.7 cm³/mol. The molecule has 19 heavy (non-hydrogen) atoms. The molecule has 2 aliphatic heterocycles. The molecule has 3 rings (SSSR count). The van der Waals surface area contributed by atoms with Gasteiger partial charge in [-0.25, -0.2) is 0 Å². The van der Waals surface area contributed by atoms with Crippen LogP contribution in [0.4, 0.5) is 0 Å². The monoisotopic (exact) mass is 265 g/mol. The number of piperazine rings is 1. The molecule has 3 unspecified atom stereocenters. The third kappa shape index (κ3) is 2.79. The van der Waals surface area contributed by atoms with Crippen LogP contribution in [0.25, 0.3) is 0 Å². The maximum Gasteiger partial charge on any atom is 0.225 e. The first-order chi connectivity index (χ1) is 9.28. The van der Waals surface area contributed by atoms with Crippen molar-refractivity contribution in [3.63, 3.8) is 0 Å². The van der Waals surface area contributed by atoms with Gasteiger partial charge < -0.3 is 10.6 Å². The summed E-state index contributed by atoms with van der Waals surface area (Å²) in [5.41, 5.74) is 5.78. The number of hydrogen-bond donors (Lipinski definition) is 1. The fraction of sp³-hybridized carbons (Fsp3) is 0.933. The van der Waals surface area contributed by atoms with Crippen molar-refractivity contribution in [2.75, 3.05) is 32.7 Å². The lowest BCUT2D eigenvalue weighted by molar-refractivity contribution is -0.139. The van der Waals surface area contributed by atoms with Gasteiger partial charge in [0.05, 0.1) is 0 Å². The van der Waals surface area contributed by atoms with E-state index in [2.05, 4.69) is 9.80 Å². The first kappa shape index (κ1) is 13.4. The Balaban J connectivity index is 1.57. The number of amides is 1. The Morgan fingerprint density at radius 1 is 1.11 bits per heavy atom. The highest BCUT2D eigenvalue weighted by Gasteiger charge is 2.36. The van der Waals surface area contributed by atoms with Gasteiger partial charge in [-0.05, 0) is 51.1 Å². The van der Waals surface area contributed by atoms with Gasteiger partial charge in [0, 0.05) is 31.6 Å². The van der Waals surface area contributed by atoms with E-state index in [1.807, 2.05) is 0 Å². The molecule has 0 radical (unpaired) electrons. The van der Waals surface area contributed by atoms with Crippen LogP contribution in [0.2, 0.25) is 0 Å². The third-order valence-corrected chi connectivity index (χ3v) is 5.36. The Morgan fingerprint density at radius 3 is 2.84 bits per heavy atom. The SMILES string of the molecule is NCC1CCCC(C(=O)N2CCN3CCCC3C2)C1. The summed E-state index contributed by atoms with van der Waals surface area (Å²) in [6.07, 6.45) is 7.10. The van der Waals surface area contributed by atoms with Crippen LogP contribution in [0.15, 0.2) is 0 Å². The van der Waals surface area contributed by atoms with E-state index in [9.17, 15) is 4.79 Å². The zero-order valence-corrected chi connectivity index (χ0v) is 11.9. The van der Waals surface area contributed by atoms with Crippen LogP contribution in [-0.4, -0.2) is 54.5 Å². The molecule has 3 aliphatic rings. The van der Waals surface area contributed by atoms with E-state index in [-0.39, 0.29) is 5.92 Å². The summed E-state index contributed by atoms with van der Waals surface area (Å²) in [4.78, 5) is 17.4. The van der Waals surface area contributed by atoms with E-state index in [0.29, 0.717) is 17.9 Å². The van der Waals surface area contributed by atoms with Gasteiger partial charge in [-0.1, -0.05) is 6.42 Å². The Labute approximate surface area is 116 Å². The molecule has 2 heterocycles. The highest BCUT2D eigenvalue weighted by molar-refractivity contribution is 5.79.